The van der Waals surface area contributed by atoms with Gasteiger partial charge < -0.3 is 9.30 Å². The Morgan fingerprint density at radius 2 is 1.80 bits per heavy atom. The summed E-state index contributed by atoms with van der Waals surface area (Å²) in [6.07, 6.45) is 2.30. The summed E-state index contributed by atoms with van der Waals surface area (Å²) in [7, 11) is 0. The van der Waals surface area contributed by atoms with Crippen molar-refractivity contribution in [3.63, 3.8) is 0 Å². The maximum Gasteiger partial charge on any atom is 0.165 e. The molecular weight excluding hydrogens is 446 g/mol. The van der Waals surface area contributed by atoms with Crippen LogP contribution in [0.2, 0.25) is 0 Å². The molecule has 6 heteroatoms. The predicted molar refractivity (Wildman–Crippen MR) is 134 cm³/mol. The third kappa shape index (κ3) is 5.42. The number of aromatic nitrogens is 2. The lowest BCUT2D eigenvalue weighted by atomic mass is 9.96. The van der Waals surface area contributed by atoms with Crippen LogP contribution in [0.4, 0.5) is 8.78 Å². The van der Waals surface area contributed by atoms with Crippen LogP contribution in [-0.4, -0.2) is 21.4 Å². The summed E-state index contributed by atoms with van der Waals surface area (Å²) in [4.78, 5) is 18.1. The second-order valence-electron chi connectivity index (χ2n) is 9.34. The Hall–Kier alpha value is -3.54. The molecule has 0 atom stereocenters. The van der Waals surface area contributed by atoms with E-state index >= 15 is 0 Å². The molecule has 0 amide bonds. The molecule has 2 aromatic carbocycles. The van der Waals surface area contributed by atoms with Crippen molar-refractivity contribution in [3.8, 4) is 5.75 Å². The zero-order chi connectivity index (χ0) is 25.1. The lowest BCUT2D eigenvalue weighted by Crippen LogP contribution is -2.11. The average Bonchev–Trinajstić information content (AvgIpc) is 3.13. The molecule has 4 nitrogen and oxygen atoms in total. The van der Waals surface area contributed by atoms with E-state index in [1.54, 1.807) is 6.20 Å². The highest BCUT2D eigenvalue weighted by atomic mass is 19.2. The van der Waals surface area contributed by atoms with Crippen LogP contribution in [0, 0.1) is 11.6 Å². The summed E-state index contributed by atoms with van der Waals surface area (Å²) >= 11 is 0. The van der Waals surface area contributed by atoms with E-state index in [2.05, 4.69) is 23.4 Å². The van der Waals surface area contributed by atoms with Crippen molar-refractivity contribution in [2.75, 3.05) is 0 Å². The molecule has 4 aromatic rings. The second kappa shape index (κ2) is 10.4. The van der Waals surface area contributed by atoms with Crippen LogP contribution in [0.1, 0.15) is 67.3 Å². The zero-order valence-electron chi connectivity index (χ0n) is 20.5. The summed E-state index contributed by atoms with van der Waals surface area (Å²) in [6.45, 7) is 8.61. The number of hydrogen-bond donors (Lipinski definition) is 0. The van der Waals surface area contributed by atoms with E-state index in [4.69, 9.17) is 4.74 Å². The van der Waals surface area contributed by atoms with Gasteiger partial charge in [-0.15, -0.1) is 0 Å². The van der Waals surface area contributed by atoms with E-state index in [1.165, 1.54) is 6.07 Å². The minimum absolute atomic E-state index is 0.0217. The van der Waals surface area contributed by atoms with E-state index in [0.29, 0.717) is 24.1 Å². The number of ketones is 1. The molecular formula is C29H30F2N2O2. The van der Waals surface area contributed by atoms with Crippen LogP contribution < -0.4 is 4.74 Å². The van der Waals surface area contributed by atoms with Gasteiger partial charge in [0.2, 0.25) is 0 Å². The zero-order valence-corrected chi connectivity index (χ0v) is 20.5. The lowest BCUT2D eigenvalue weighted by molar-refractivity contribution is 0.0982. The second-order valence-corrected chi connectivity index (χ2v) is 9.34. The van der Waals surface area contributed by atoms with Gasteiger partial charge in [-0.05, 0) is 68.1 Å². The van der Waals surface area contributed by atoms with E-state index in [-0.39, 0.29) is 24.2 Å². The number of ether oxygens (including phenoxy) is 1. The van der Waals surface area contributed by atoms with Crippen molar-refractivity contribution in [1.29, 1.82) is 0 Å². The summed E-state index contributed by atoms with van der Waals surface area (Å²) in [5, 5.41) is 0.857. The molecule has 0 spiro atoms. The highest BCUT2D eigenvalue weighted by molar-refractivity contribution is 6.10. The number of nitrogens with zero attached hydrogens (tertiary/aromatic N) is 2. The molecule has 0 saturated carbocycles. The molecule has 0 bridgehead atoms. The largest absolute Gasteiger partial charge is 0.491 e. The first kappa shape index (κ1) is 24.6. The first-order valence-corrected chi connectivity index (χ1v) is 11.9. The topological polar surface area (TPSA) is 44.1 Å². The number of hydrogen-bond acceptors (Lipinski definition) is 3. The summed E-state index contributed by atoms with van der Waals surface area (Å²) < 4.78 is 35.1. The molecule has 2 aromatic heterocycles. The third-order valence-electron chi connectivity index (χ3n) is 5.94. The van der Waals surface area contributed by atoms with Crippen LogP contribution in [-0.2, 0) is 13.0 Å². The Morgan fingerprint density at radius 1 is 1.00 bits per heavy atom. The third-order valence-corrected chi connectivity index (χ3v) is 5.94. The Labute approximate surface area is 204 Å². The fraction of sp³-hybridized carbons (Fsp3) is 0.310. The SMILES string of the molecule is CC(C)Oc1ccc2c(C(=O)CCc3ccc(F)c(F)c3)c(C(C)C)n(Cc3ccccn3)c2c1. The van der Waals surface area contributed by atoms with Gasteiger partial charge in [-0.3, -0.25) is 9.78 Å². The standard InChI is InChI=1S/C29H30F2N2O2/c1-18(2)29-28(27(34)13-9-20-8-12-24(30)25(31)15-20)23-11-10-22(35-19(3)4)16-26(23)33(29)17-21-7-5-6-14-32-21/h5-8,10-12,14-16,18-19H,9,13,17H2,1-4H3. The number of carbonyl (C=O) groups excluding carboxylic acids is 1. The van der Waals surface area contributed by atoms with Crippen LogP contribution in [0.3, 0.4) is 0 Å². The number of fused-ring (bicyclic) bond motifs is 1. The van der Waals surface area contributed by atoms with Crippen LogP contribution in [0.15, 0.2) is 60.8 Å². The predicted octanol–water partition coefficient (Wildman–Crippen LogP) is 7.09. The maximum absolute atomic E-state index is 13.7. The van der Waals surface area contributed by atoms with Gasteiger partial charge in [-0.25, -0.2) is 8.78 Å². The fourth-order valence-electron chi connectivity index (χ4n) is 4.49. The number of pyridine rings is 1. The quantitative estimate of drug-likeness (QED) is 0.242. The van der Waals surface area contributed by atoms with Crippen molar-refractivity contribution in [1.82, 2.24) is 9.55 Å². The summed E-state index contributed by atoms with van der Waals surface area (Å²) in [5.41, 5.74) is 4.00. The van der Waals surface area contributed by atoms with Crippen LogP contribution in [0.5, 0.6) is 5.75 Å². The van der Waals surface area contributed by atoms with Crippen molar-refractivity contribution >= 4 is 16.7 Å². The van der Waals surface area contributed by atoms with Crippen molar-refractivity contribution in [3.05, 3.63) is 94.9 Å². The Morgan fingerprint density at radius 3 is 2.46 bits per heavy atom. The molecule has 0 radical (unpaired) electrons. The minimum atomic E-state index is -0.900. The number of aryl methyl sites for hydroxylation is 1. The lowest BCUT2D eigenvalue weighted by Gasteiger charge is -2.15. The Balaban J connectivity index is 1.79. The molecule has 0 saturated heterocycles. The normalized spacial score (nSPS) is 11.5. The van der Waals surface area contributed by atoms with Crippen LogP contribution in [0.25, 0.3) is 10.9 Å². The molecule has 0 unspecified atom stereocenters. The van der Waals surface area contributed by atoms with Crippen molar-refractivity contribution in [2.24, 2.45) is 0 Å². The van der Waals surface area contributed by atoms with E-state index in [9.17, 15) is 13.6 Å². The number of Topliss-reactive ketones (excluding diaryl/α,β-unsaturated/α-hetero) is 1. The number of carbonyl (C=O) groups is 1. The van der Waals surface area contributed by atoms with E-state index in [0.717, 1.165) is 40.2 Å². The van der Waals surface area contributed by atoms with Crippen molar-refractivity contribution < 1.29 is 18.3 Å². The molecule has 0 fully saturated rings. The van der Waals surface area contributed by atoms with Gasteiger partial charge >= 0.3 is 0 Å². The number of halogens is 2. The minimum Gasteiger partial charge on any atom is -0.491 e. The van der Waals surface area contributed by atoms with Gasteiger partial charge in [0.15, 0.2) is 17.4 Å². The molecule has 0 aliphatic rings. The molecule has 2 heterocycles. The van der Waals surface area contributed by atoms with Crippen molar-refractivity contribution in [2.45, 2.75) is 59.1 Å². The van der Waals surface area contributed by atoms with Gasteiger partial charge in [-0.1, -0.05) is 26.0 Å². The van der Waals surface area contributed by atoms with E-state index < -0.39 is 11.6 Å². The van der Waals surface area contributed by atoms with Crippen LogP contribution >= 0.6 is 0 Å². The number of benzene rings is 2. The maximum atomic E-state index is 13.7. The molecule has 0 aliphatic heterocycles. The van der Waals surface area contributed by atoms with Gasteiger partial charge in [0.25, 0.3) is 0 Å². The van der Waals surface area contributed by atoms with Gasteiger partial charge in [0.1, 0.15) is 5.75 Å². The first-order chi connectivity index (χ1) is 16.7. The molecule has 35 heavy (non-hydrogen) atoms. The smallest absolute Gasteiger partial charge is 0.165 e. The summed E-state index contributed by atoms with van der Waals surface area (Å²) in [6, 6.07) is 15.4. The first-order valence-electron chi connectivity index (χ1n) is 11.9. The van der Waals surface area contributed by atoms with Gasteiger partial charge in [0, 0.05) is 35.3 Å². The number of rotatable bonds is 9. The van der Waals surface area contributed by atoms with E-state index in [1.807, 2.05) is 50.2 Å². The molecule has 182 valence electrons. The molecule has 0 N–H and O–H groups in total. The fourth-order valence-corrected chi connectivity index (χ4v) is 4.49. The van der Waals surface area contributed by atoms with Gasteiger partial charge in [0.05, 0.1) is 23.9 Å². The highest BCUT2D eigenvalue weighted by Gasteiger charge is 2.25. The highest BCUT2D eigenvalue weighted by Crippen LogP contribution is 2.35. The Bertz CT molecular complexity index is 1340. The average molecular weight is 477 g/mol. The molecule has 4 rings (SSSR count). The monoisotopic (exact) mass is 476 g/mol. The Kier molecular flexibility index (Phi) is 7.29. The molecule has 0 aliphatic carbocycles. The summed E-state index contributed by atoms with van der Waals surface area (Å²) in [5.74, 6) is -1.01. The van der Waals surface area contributed by atoms with Gasteiger partial charge in [-0.2, -0.15) is 0 Å².